The van der Waals surface area contributed by atoms with E-state index in [4.69, 9.17) is 18.9 Å². The Balaban J connectivity index is 2.25. The van der Waals surface area contributed by atoms with Crippen molar-refractivity contribution in [1.82, 2.24) is 10.3 Å². The zero-order valence-electron chi connectivity index (χ0n) is 16.3. The highest BCUT2D eigenvalue weighted by Crippen LogP contribution is 2.34. The van der Waals surface area contributed by atoms with Gasteiger partial charge in [0.25, 0.3) is 5.91 Å². The third-order valence-electron chi connectivity index (χ3n) is 4.28. The number of aromatic amines is 1. The van der Waals surface area contributed by atoms with E-state index >= 15 is 0 Å². The predicted octanol–water partition coefficient (Wildman–Crippen LogP) is 2.37. The molecule has 0 saturated heterocycles. The maximum Gasteiger partial charge on any atom is 0.339 e. The molecular formula is C19H24N2O6. The lowest BCUT2D eigenvalue weighted by atomic mass is 10.1. The van der Waals surface area contributed by atoms with Crippen LogP contribution in [0.1, 0.15) is 37.7 Å². The van der Waals surface area contributed by atoms with E-state index in [1.807, 2.05) is 0 Å². The minimum atomic E-state index is -0.484. The summed E-state index contributed by atoms with van der Waals surface area (Å²) in [4.78, 5) is 27.4. The van der Waals surface area contributed by atoms with Crippen LogP contribution in [0.5, 0.6) is 17.2 Å². The fourth-order valence-electron chi connectivity index (χ4n) is 2.88. The van der Waals surface area contributed by atoms with Gasteiger partial charge in [-0.3, -0.25) is 4.79 Å². The Morgan fingerprint density at radius 3 is 2.11 bits per heavy atom. The first kappa shape index (κ1) is 20.2. The summed E-state index contributed by atoms with van der Waals surface area (Å²) in [6, 6.07) is 3.43. The van der Waals surface area contributed by atoms with Crippen molar-refractivity contribution in [3.05, 3.63) is 40.2 Å². The van der Waals surface area contributed by atoms with E-state index in [1.165, 1.54) is 28.4 Å². The summed E-state index contributed by atoms with van der Waals surface area (Å²) in [5.41, 5.74) is 2.51. The van der Waals surface area contributed by atoms with Crippen LogP contribution in [0, 0.1) is 13.8 Å². The van der Waals surface area contributed by atoms with Crippen LogP contribution in [-0.4, -0.2) is 45.3 Å². The number of nitrogens with one attached hydrogen (secondary N) is 2. The first-order valence-electron chi connectivity index (χ1n) is 8.22. The van der Waals surface area contributed by atoms with Gasteiger partial charge in [0.05, 0.1) is 34.0 Å². The van der Waals surface area contributed by atoms with Gasteiger partial charge in [-0.25, -0.2) is 4.79 Å². The Labute approximate surface area is 157 Å². The SMILES string of the molecule is COC(=O)c1c(C)[nH]c(C(=O)NCc2cc(OC)c(OC)cc2OC)c1C. The van der Waals surface area contributed by atoms with Crippen LogP contribution in [0.2, 0.25) is 0 Å². The Kier molecular flexibility index (Phi) is 6.33. The molecule has 0 bridgehead atoms. The van der Waals surface area contributed by atoms with Gasteiger partial charge in [-0.2, -0.15) is 0 Å². The minimum Gasteiger partial charge on any atom is -0.496 e. The van der Waals surface area contributed by atoms with Crippen molar-refractivity contribution in [3.63, 3.8) is 0 Å². The second-order valence-electron chi connectivity index (χ2n) is 5.82. The molecule has 8 heteroatoms. The van der Waals surface area contributed by atoms with Crippen LogP contribution in [0.4, 0.5) is 0 Å². The highest BCUT2D eigenvalue weighted by atomic mass is 16.5. The molecule has 0 aliphatic heterocycles. The van der Waals surface area contributed by atoms with Crippen molar-refractivity contribution in [2.75, 3.05) is 28.4 Å². The maximum absolute atomic E-state index is 12.6. The molecule has 8 nitrogen and oxygen atoms in total. The highest BCUT2D eigenvalue weighted by molar-refractivity contribution is 6.00. The van der Waals surface area contributed by atoms with Gasteiger partial charge < -0.3 is 29.2 Å². The second-order valence-corrected chi connectivity index (χ2v) is 5.82. The van der Waals surface area contributed by atoms with Crippen LogP contribution in [0.15, 0.2) is 12.1 Å². The molecule has 0 saturated carbocycles. The van der Waals surface area contributed by atoms with Crippen LogP contribution in [0.3, 0.4) is 0 Å². The quantitative estimate of drug-likeness (QED) is 0.720. The summed E-state index contributed by atoms with van der Waals surface area (Å²) in [6.45, 7) is 3.61. The molecule has 0 aliphatic carbocycles. The lowest BCUT2D eigenvalue weighted by Crippen LogP contribution is -2.24. The average Bonchev–Trinajstić information content (AvgIpc) is 2.98. The van der Waals surface area contributed by atoms with Crippen molar-refractivity contribution >= 4 is 11.9 Å². The highest BCUT2D eigenvalue weighted by Gasteiger charge is 2.22. The molecule has 2 rings (SSSR count). The molecule has 146 valence electrons. The number of methoxy groups -OCH3 is 4. The molecule has 0 spiro atoms. The van der Waals surface area contributed by atoms with Crippen molar-refractivity contribution in [1.29, 1.82) is 0 Å². The number of benzene rings is 1. The predicted molar refractivity (Wildman–Crippen MR) is 98.9 cm³/mol. The molecule has 2 aromatic rings. The molecular weight excluding hydrogens is 352 g/mol. The van der Waals surface area contributed by atoms with E-state index < -0.39 is 5.97 Å². The Morgan fingerprint density at radius 1 is 0.963 bits per heavy atom. The lowest BCUT2D eigenvalue weighted by molar-refractivity contribution is 0.0599. The standard InChI is InChI=1S/C19H24N2O6/c1-10-16(19(23)27-6)11(2)21-17(10)18(22)20-9-12-7-14(25-4)15(26-5)8-13(12)24-3/h7-8,21H,9H2,1-6H3,(H,20,22). The average molecular weight is 376 g/mol. The molecule has 1 amide bonds. The Morgan fingerprint density at radius 2 is 1.56 bits per heavy atom. The zero-order valence-corrected chi connectivity index (χ0v) is 16.3. The molecule has 0 atom stereocenters. The fraction of sp³-hybridized carbons (Fsp3) is 0.368. The molecule has 27 heavy (non-hydrogen) atoms. The van der Waals surface area contributed by atoms with E-state index in [0.29, 0.717) is 39.8 Å². The lowest BCUT2D eigenvalue weighted by Gasteiger charge is -2.14. The van der Waals surface area contributed by atoms with Gasteiger partial charge in [0.2, 0.25) is 0 Å². The van der Waals surface area contributed by atoms with E-state index in [-0.39, 0.29) is 12.5 Å². The third kappa shape index (κ3) is 3.99. The number of esters is 1. The van der Waals surface area contributed by atoms with E-state index in [9.17, 15) is 9.59 Å². The number of hydrogen-bond acceptors (Lipinski definition) is 6. The summed E-state index contributed by atoms with van der Waals surface area (Å²) in [6.07, 6.45) is 0. The molecule has 0 aliphatic rings. The van der Waals surface area contributed by atoms with Crippen LogP contribution in [-0.2, 0) is 11.3 Å². The number of carbonyl (C=O) groups is 2. The minimum absolute atomic E-state index is 0.202. The summed E-state index contributed by atoms with van der Waals surface area (Å²) in [5.74, 6) is 0.789. The second kappa shape index (κ2) is 8.48. The van der Waals surface area contributed by atoms with Gasteiger partial charge in [0, 0.05) is 23.9 Å². The zero-order chi connectivity index (χ0) is 20.1. The van der Waals surface area contributed by atoms with Crippen LogP contribution >= 0.6 is 0 Å². The number of ether oxygens (including phenoxy) is 4. The molecule has 0 radical (unpaired) electrons. The summed E-state index contributed by atoms with van der Waals surface area (Å²) >= 11 is 0. The number of aromatic nitrogens is 1. The number of amides is 1. The largest absolute Gasteiger partial charge is 0.496 e. The first-order valence-corrected chi connectivity index (χ1v) is 8.22. The van der Waals surface area contributed by atoms with Crippen molar-refractivity contribution in [3.8, 4) is 17.2 Å². The molecule has 2 N–H and O–H groups in total. The summed E-state index contributed by atoms with van der Waals surface area (Å²) < 4.78 is 20.7. The van der Waals surface area contributed by atoms with E-state index in [1.54, 1.807) is 26.0 Å². The van der Waals surface area contributed by atoms with Crippen LogP contribution < -0.4 is 19.5 Å². The number of aryl methyl sites for hydroxylation is 1. The van der Waals surface area contributed by atoms with Crippen LogP contribution in [0.25, 0.3) is 0 Å². The van der Waals surface area contributed by atoms with Gasteiger partial charge in [-0.1, -0.05) is 0 Å². The number of hydrogen-bond donors (Lipinski definition) is 2. The smallest absolute Gasteiger partial charge is 0.339 e. The van der Waals surface area contributed by atoms with Gasteiger partial charge in [-0.15, -0.1) is 0 Å². The summed E-state index contributed by atoms with van der Waals surface area (Å²) in [7, 11) is 5.91. The Bertz CT molecular complexity index is 856. The number of carbonyl (C=O) groups excluding carboxylic acids is 2. The summed E-state index contributed by atoms with van der Waals surface area (Å²) in [5, 5.41) is 2.82. The van der Waals surface area contributed by atoms with Crippen molar-refractivity contribution in [2.24, 2.45) is 0 Å². The van der Waals surface area contributed by atoms with Crippen molar-refractivity contribution < 1.29 is 28.5 Å². The fourth-order valence-corrected chi connectivity index (χ4v) is 2.88. The van der Waals surface area contributed by atoms with E-state index in [2.05, 4.69) is 10.3 Å². The van der Waals surface area contributed by atoms with Gasteiger partial charge >= 0.3 is 5.97 Å². The topological polar surface area (TPSA) is 98.9 Å². The molecule has 1 aromatic heterocycles. The molecule has 0 unspecified atom stereocenters. The van der Waals surface area contributed by atoms with E-state index in [0.717, 1.165) is 5.56 Å². The maximum atomic E-state index is 12.6. The monoisotopic (exact) mass is 376 g/mol. The molecule has 0 fully saturated rings. The normalized spacial score (nSPS) is 10.3. The van der Waals surface area contributed by atoms with Gasteiger partial charge in [0.15, 0.2) is 11.5 Å². The molecule has 1 aromatic carbocycles. The van der Waals surface area contributed by atoms with Crippen molar-refractivity contribution in [2.45, 2.75) is 20.4 Å². The Hall–Kier alpha value is -3.16. The van der Waals surface area contributed by atoms with Gasteiger partial charge in [0.1, 0.15) is 11.4 Å². The number of H-pyrrole nitrogens is 1. The third-order valence-corrected chi connectivity index (χ3v) is 4.28. The number of rotatable bonds is 7. The molecule has 1 heterocycles. The first-order chi connectivity index (χ1) is 12.9. The van der Waals surface area contributed by atoms with Gasteiger partial charge in [-0.05, 0) is 25.5 Å².